The molecule has 0 bridgehead atoms. The van der Waals surface area contributed by atoms with Crippen LogP contribution in [0, 0.1) is 5.92 Å². The molecule has 2 aromatic carbocycles. The molecule has 9 heteroatoms. The maximum Gasteiger partial charge on any atom is 0.309 e. The molecule has 5 rings (SSSR count). The Kier molecular flexibility index (Phi) is 7.24. The second-order valence-corrected chi connectivity index (χ2v) is 12.1. The largest absolute Gasteiger partial charge is 0.497 e. The zero-order valence-corrected chi connectivity index (χ0v) is 22.1. The second-order valence-electron chi connectivity index (χ2n) is 9.78. The monoisotopic (exact) mass is 523 g/mol. The van der Waals surface area contributed by atoms with Gasteiger partial charge in [0.25, 0.3) is 0 Å². The summed E-state index contributed by atoms with van der Waals surface area (Å²) in [5.41, 5.74) is 4.77. The summed E-state index contributed by atoms with van der Waals surface area (Å²) < 4.78 is 36.1. The van der Waals surface area contributed by atoms with Crippen molar-refractivity contribution < 1.29 is 22.7 Å². The van der Waals surface area contributed by atoms with Crippen LogP contribution < -0.4 is 9.64 Å². The molecule has 1 saturated heterocycles. The predicted molar refractivity (Wildman–Crippen MR) is 143 cm³/mol. The van der Waals surface area contributed by atoms with E-state index >= 15 is 0 Å². The van der Waals surface area contributed by atoms with Crippen molar-refractivity contribution in [2.75, 3.05) is 43.7 Å². The van der Waals surface area contributed by atoms with Gasteiger partial charge in [-0.2, -0.15) is 5.10 Å². The van der Waals surface area contributed by atoms with Crippen LogP contribution in [0.5, 0.6) is 5.75 Å². The highest BCUT2D eigenvalue weighted by atomic mass is 32.2. The molecular weight excluding hydrogens is 490 g/mol. The first-order valence-corrected chi connectivity index (χ1v) is 14.6. The molecule has 8 nitrogen and oxygen atoms in total. The first kappa shape index (κ1) is 25.3. The highest BCUT2D eigenvalue weighted by molar-refractivity contribution is 7.91. The van der Waals surface area contributed by atoms with E-state index in [1.54, 1.807) is 7.11 Å². The van der Waals surface area contributed by atoms with E-state index in [9.17, 15) is 13.2 Å². The van der Waals surface area contributed by atoms with E-state index in [0.717, 1.165) is 59.6 Å². The Bertz CT molecular complexity index is 1350. The summed E-state index contributed by atoms with van der Waals surface area (Å²) in [4.78, 5) is 14.8. The number of rotatable bonds is 6. The Balaban J connectivity index is 1.53. The molecule has 0 radical (unpaired) electrons. The lowest BCUT2D eigenvalue weighted by atomic mass is 9.76. The molecule has 1 aliphatic heterocycles. The number of sulfone groups is 1. The van der Waals surface area contributed by atoms with Gasteiger partial charge in [-0.15, -0.1) is 0 Å². The smallest absolute Gasteiger partial charge is 0.309 e. The van der Waals surface area contributed by atoms with Crippen LogP contribution in [0.2, 0.25) is 0 Å². The van der Waals surface area contributed by atoms with Crippen LogP contribution in [0.4, 0.5) is 5.69 Å². The van der Waals surface area contributed by atoms with E-state index in [4.69, 9.17) is 14.6 Å². The molecule has 2 atom stereocenters. The third-order valence-electron chi connectivity index (χ3n) is 7.57. The summed E-state index contributed by atoms with van der Waals surface area (Å²) in [6.07, 6.45) is 5.74. The fourth-order valence-corrected chi connectivity index (χ4v) is 6.68. The lowest BCUT2D eigenvalue weighted by molar-refractivity contribution is -0.147. The van der Waals surface area contributed by atoms with E-state index in [0.29, 0.717) is 13.1 Å². The van der Waals surface area contributed by atoms with Gasteiger partial charge in [0.2, 0.25) is 0 Å². The first-order chi connectivity index (χ1) is 17.9. The van der Waals surface area contributed by atoms with E-state index in [1.165, 1.54) is 7.11 Å². The SMILES string of the molecule is COC(=O)[C@@H]1CCCC[C@H]1c1nn(-c2cccc(OC)c2)cc1-c1ccc(N2CCS(=O)(=O)CC2)cc1. The number of carbonyl (C=O) groups excluding carboxylic acids is 1. The molecule has 0 N–H and O–H groups in total. The van der Waals surface area contributed by atoms with Crippen LogP contribution in [-0.4, -0.2) is 63.0 Å². The van der Waals surface area contributed by atoms with Crippen molar-refractivity contribution in [1.82, 2.24) is 9.78 Å². The predicted octanol–water partition coefficient (Wildman–Crippen LogP) is 4.23. The highest BCUT2D eigenvalue weighted by Gasteiger charge is 2.36. The summed E-state index contributed by atoms with van der Waals surface area (Å²) >= 11 is 0. The first-order valence-electron chi connectivity index (χ1n) is 12.8. The summed E-state index contributed by atoms with van der Waals surface area (Å²) in [7, 11) is 0.157. The number of hydrogen-bond donors (Lipinski definition) is 0. The number of nitrogens with zero attached hydrogens (tertiary/aromatic N) is 3. The third kappa shape index (κ3) is 5.37. The number of aromatic nitrogens is 2. The van der Waals surface area contributed by atoms with Crippen molar-refractivity contribution in [2.45, 2.75) is 31.6 Å². The Morgan fingerprint density at radius 3 is 2.41 bits per heavy atom. The van der Waals surface area contributed by atoms with Crippen molar-refractivity contribution in [1.29, 1.82) is 0 Å². The maximum atomic E-state index is 12.7. The number of anilines is 1. The molecule has 1 saturated carbocycles. The van der Waals surface area contributed by atoms with Gasteiger partial charge in [0, 0.05) is 42.5 Å². The molecular formula is C28H33N3O5S. The summed E-state index contributed by atoms with van der Waals surface area (Å²) in [6, 6.07) is 15.9. The van der Waals surface area contributed by atoms with E-state index in [2.05, 4.69) is 17.0 Å². The number of ether oxygens (including phenoxy) is 2. The average Bonchev–Trinajstić information content (AvgIpc) is 3.38. The van der Waals surface area contributed by atoms with Crippen molar-refractivity contribution >= 4 is 21.5 Å². The maximum absolute atomic E-state index is 12.7. The van der Waals surface area contributed by atoms with Crippen molar-refractivity contribution in [3.05, 3.63) is 60.4 Å². The van der Waals surface area contributed by atoms with Crippen LogP contribution >= 0.6 is 0 Å². The van der Waals surface area contributed by atoms with Gasteiger partial charge in [0.05, 0.1) is 43.0 Å². The number of methoxy groups -OCH3 is 2. The molecule has 2 fully saturated rings. The molecule has 0 amide bonds. The minimum Gasteiger partial charge on any atom is -0.497 e. The fourth-order valence-electron chi connectivity index (χ4n) is 5.48. The number of hydrogen-bond acceptors (Lipinski definition) is 7. The van der Waals surface area contributed by atoms with Crippen molar-refractivity contribution in [3.8, 4) is 22.6 Å². The van der Waals surface area contributed by atoms with Crippen LogP contribution in [0.15, 0.2) is 54.7 Å². The van der Waals surface area contributed by atoms with Gasteiger partial charge in [-0.05, 0) is 42.7 Å². The van der Waals surface area contributed by atoms with Crippen LogP contribution in [0.1, 0.15) is 37.3 Å². The quantitative estimate of drug-likeness (QED) is 0.447. The molecule has 2 aliphatic rings. The van der Waals surface area contributed by atoms with Crippen molar-refractivity contribution in [2.24, 2.45) is 5.92 Å². The zero-order chi connectivity index (χ0) is 26.0. The van der Waals surface area contributed by atoms with E-state index in [-0.39, 0.29) is 29.3 Å². The molecule has 196 valence electrons. The molecule has 2 heterocycles. The Morgan fingerprint density at radius 2 is 1.70 bits per heavy atom. The zero-order valence-electron chi connectivity index (χ0n) is 21.3. The normalized spacial score (nSPS) is 21.4. The van der Waals surface area contributed by atoms with Gasteiger partial charge in [-0.25, -0.2) is 13.1 Å². The standard InChI is InChI=1S/C28H33N3O5S/c1-35-23-7-5-6-22(18-23)31-19-26(27(29-31)24-8-3-4-9-25(24)28(32)36-2)20-10-12-21(13-11-20)30-14-16-37(33,34)17-15-30/h5-7,10-13,18-19,24-25H,3-4,8-9,14-17H2,1-2H3/t24-,25-/m1/s1. The lowest BCUT2D eigenvalue weighted by Crippen LogP contribution is -2.40. The summed E-state index contributed by atoms with van der Waals surface area (Å²) in [6.45, 7) is 1.01. The number of esters is 1. The van der Waals surface area contributed by atoms with Gasteiger partial charge < -0.3 is 14.4 Å². The molecule has 3 aromatic rings. The molecule has 0 unspecified atom stereocenters. The van der Waals surface area contributed by atoms with E-state index in [1.807, 2.05) is 47.3 Å². The Morgan fingerprint density at radius 1 is 0.973 bits per heavy atom. The third-order valence-corrected chi connectivity index (χ3v) is 9.18. The van der Waals surface area contributed by atoms with Gasteiger partial charge in [0.1, 0.15) is 5.75 Å². The Labute approximate surface area is 218 Å². The summed E-state index contributed by atoms with van der Waals surface area (Å²) in [5.74, 6) is 0.679. The summed E-state index contributed by atoms with van der Waals surface area (Å²) in [5, 5.41) is 5.03. The van der Waals surface area contributed by atoms with Gasteiger partial charge in [-0.3, -0.25) is 4.79 Å². The van der Waals surface area contributed by atoms with Crippen LogP contribution in [0.25, 0.3) is 16.8 Å². The minimum atomic E-state index is -2.94. The van der Waals surface area contributed by atoms with E-state index < -0.39 is 9.84 Å². The van der Waals surface area contributed by atoms with Crippen LogP contribution in [0.3, 0.4) is 0 Å². The van der Waals surface area contributed by atoms with Gasteiger partial charge >= 0.3 is 5.97 Å². The molecule has 37 heavy (non-hydrogen) atoms. The van der Waals surface area contributed by atoms with Crippen molar-refractivity contribution in [3.63, 3.8) is 0 Å². The lowest BCUT2D eigenvalue weighted by Gasteiger charge is -2.29. The Hall–Kier alpha value is -3.33. The van der Waals surface area contributed by atoms with Gasteiger partial charge in [0.15, 0.2) is 9.84 Å². The van der Waals surface area contributed by atoms with Gasteiger partial charge in [-0.1, -0.05) is 31.0 Å². The minimum absolute atomic E-state index is 0.0324. The fraction of sp³-hybridized carbons (Fsp3) is 0.429. The molecule has 1 aliphatic carbocycles. The second kappa shape index (κ2) is 10.6. The average molecular weight is 524 g/mol. The highest BCUT2D eigenvalue weighted by Crippen LogP contribution is 2.42. The molecule has 1 aromatic heterocycles. The molecule has 0 spiro atoms. The number of carbonyl (C=O) groups is 1. The van der Waals surface area contributed by atoms with Crippen LogP contribution in [-0.2, 0) is 19.4 Å². The number of benzene rings is 2. The topological polar surface area (TPSA) is 90.7 Å².